The molecule has 2 saturated carbocycles. The standard InChI is InChI=1S/C20H27FN2O2/c21-17-8-4-5-9-18(17)23-20(25)15-12-10-14(11-13-15)19(24)22-16-6-2-1-3-7-16/h4-5,8-9,14-16H,1-3,6-7,10-13H2,(H,22,24)(H,23,25). The Morgan fingerprint density at radius 3 is 2.08 bits per heavy atom. The van der Waals surface area contributed by atoms with E-state index in [2.05, 4.69) is 10.6 Å². The van der Waals surface area contributed by atoms with E-state index in [1.165, 1.54) is 25.3 Å². The Labute approximate surface area is 148 Å². The van der Waals surface area contributed by atoms with Crippen molar-refractivity contribution in [1.29, 1.82) is 0 Å². The Kier molecular flexibility index (Phi) is 6.05. The molecule has 0 unspecified atom stereocenters. The Balaban J connectivity index is 1.45. The summed E-state index contributed by atoms with van der Waals surface area (Å²) in [5.41, 5.74) is 0.227. The molecule has 0 heterocycles. The summed E-state index contributed by atoms with van der Waals surface area (Å²) in [7, 11) is 0. The maximum Gasteiger partial charge on any atom is 0.227 e. The number of rotatable bonds is 4. The van der Waals surface area contributed by atoms with Gasteiger partial charge >= 0.3 is 0 Å². The SMILES string of the molecule is O=C(Nc1ccccc1F)C1CCC(C(=O)NC2CCCCC2)CC1. The smallest absolute Gasteiger partial charge is 0.227 e. The van der Waals surface area contributed by atoms with Crippen LogP contribution >= 0.6 is 0 Å². The van der Waals surface area contributed by atoms with Gasteiger partial charge in [-0.15, -0.1) is 0 Å². The van der Waals surface area contributed by atoms with Crippen LogP contribution in [0.2, 0.25) is 0 Å². The molecule has 1 aromatic carbocycles. The van der Waals surface area contributed by atoms with Crippen LogP contribution in [-0.2, 0) is 9.59 Å². The number of hydrogen-bond acceptors (Lipinski definition) is 2. The number of halogens is 1. The molecule has 136 valence electrons. The van der Waals surface area contributed by atoms with E-state index in [0.717, 1.165) is 25.7 Å². The first-order valence-electron chi connectivity index (χ1n) is 9.49. The summed E-state index contributed by atoms with van der Waals surface area (Å²) in [6, 6.07) is 6.54. The van der Waals surface area contributed by atoms with E-state index in [9.17, 15) is 14.0 Å². The van der Waals surface area contributed by atoms with Crippen molar-refractivity contribution in [3.63, 3.8) is 0 Å². The third kappa shape index (κ3) is 4.80. The molecule has 4 nitrogen and oxygen atoms in total. The van der Waals surface area contributed by atoms with E-state index in [-0.39, 0.29) is 29.3 Å². The zero-order chi connectivity index (χ0) is 17.6. The van der Waals surface area contributed by atoms with Crippen molar-refractivity contribution in [3.8, 4) is 0 Å². The molecule has 0 saturated heterocycles. The molecule has 0 spiro atoms. The largest absolute Gasteiger partial charge is 0.353 e. The number of carbonyl (C=O) groups excluding carboxylic acids is 2. The molecular weight excluding hydrogens is 319 g/mol. The van der Waals surface area contributed by atoms with Gasteiger partial charge in [-0.3, -0.25) is 9.59 Å². The molecule has 3 rings (SSSR count). The lowest BCUT2D eigenvalue weighted by atomic mass is 9.80. The van der Waals surface area contributed by atoms with Gasteiger partial charge in [0.1, 0.15) is 5.82 Å². The predicted molar refractivity (Wildman–Crippen MR) is 95.5 cm³/mol. The molecule has 5 heteroatoms. The van der Waals surface area contributed by atoms with Crippen LogP contribution in [0.25, 0.3) is 0 Å². The topological polar surface area (TPSA) is 58.2 Å². The van der Waals surface area contributed by atoms with Crippen LogP contribution in [0.3, 0.4) is 0 Å². The van der Waals surface area contributed by atoms with Crippen molar-refractivity contribution in [3.05, 3.63) is 30.1 Å². The minimum atomic E-state index is -0.420. The molecule has 0 atom stereocenters. The Bertz CT molecular complexity index is 605. The zero-order valence-electron chi connectivity index (χ0n) is 14.6. The van der Waals surface area contributed by atoms with E-state index >= 15 is 0 Å². The van der Waals surface area contributed by atoms with E-state index in [1.807, 2.05) is 0 Å². The summed E-state index contributed by atoms with van der Waals surface area (Å²) >= 11 is 0. The average Bonchev–Trinajstić information content (AvgIpc) is 2.64. The van der Waals surface area contributed by atoms with E-state index in [1.54, 1.807) is 18.2 Å². The average molecular weight is 346 g/mol. The number of benzene rings is 1. The number of hydrogen-bond donors (Lipinski definition) is 2. The molecule has 2 fully saturated rings. The van der Waals surface area contributed by atoms with Gasteiger partial charge in [-0.2, -0.15) is 0 Å². The van der Waals surface area contributed by atoms with Crippen LogP contribution in [-0.4, -0.2) is 17.9 Å². The van der Waals surface area contributed by atoms with Gasteiger partial charge in [0.15, 0.2) is 0 Å². The third-order valence-electron chi connectivity index (χ3n) is 5.55. The lowest BCUT2D eigenvalue weighted by molar-refractivity contribution is -0.129. The summed E-state index contributed by atoms with van der Waals surface area (Å²) in [5, 5.41) is 5.87. The molecule has 2 amide bonds. The third-order valence-corrected chi connectivity index (χ3v) is 5.55. The number of carbonyl (C=O) groups is 2. The minimum Gasteiger partial charge on any atom is -0.353 e. The summed E-state index contributed by atoms with van der Waals surface area (Å²) in [6.07, 6.45) is 8.68. The molecule has 0 aliphatic heterocycles. The summed E-state index contributed by atoms with van der Waals surface area (Å²) < 4.78 is 13.6. The molecule has 1 aromatic rings. The zero-order valence-corrected chi connectivity index (χ0v) is 14.6. The van der Waals surface area contributed by atoms with Crippen molar-refractivity contribution >= 4 is 17.5 Å². The highest BCUT2D eigenvalue weighted by molar-refractivity contribution is 5.92. The van der Waals surface area contributed by atoms with Gasteiger partial charge in [-0.1, -0.05) is 31.4 Å². The lowest BCUT2D eigenvalue weighted by Crippen LogP contribution is -2.41. The predicted octanol–water partition coefficient (Wildman–Crippen LogP) is 4.02. The van der Waals surface area contributed by atoms with E-state index in [4.69, 9.17) is 0 Å². The van der Waals surface area contributed by atoms with Gasteiger partial charge in [0.25, 0.3) is 0 Å². The Hall–Kier alpha value is -1.91. The van der Waals surface area contributed by atoms with Crippen LogP contribution in [0.15, 0.2) is 24.3 Å². The molecular formula is C20H27FN2O2. The second-order valence-corrected chi connectivity index (χ2v) is 7.36. The number of anilines is 1. The van der Waals surface area contributed by atoms with Crippen molar-refractivity contribution in [1.82, 2.24) is 5.32 Å². The van der Waals surface area contributed by atoms with Crippen LogP contribution in [0, 0.1) is 17.7 Å². The van der Waals surface area contributed by atoms with Crippen LogP contribution in [0.1, 0.15) is 57.8 Å². The normalized spacial score (nSPS) is 24.5. The monoisotopic (exact) mass is 346 g/mol. The van der Waals surface area contributed by atoms with Gasteiger partial charge in [0.05, 0.1) is 5.69 Å². The van der Waals surface area contributed by atoms with Gasteiger partial charge in [-0.25, -0.2) is 4.39 Å². The fourth-order valence-electron chi connectivity index (χ4n) is 3.98. The quantitative estimate of drug-likeness (QED) is 0.865. The second-order valence-electron chi connectivity index (χ2n) is 7.36. The van der Waals surface area contributed by atoms with Crippen molar-refractivity contribution in [2.75, 3.05) is 5.32 Å². The number of para-hydroxylation sites is 1. The number of nitrogens with one attached hydrogen (secondary N) is 2. The minimum absolute atomic E-state index is 0.0134. The van der Waals surface area contributed by atoms with E-state index in [0.29, 0.717) is 18.9 Å². The molecule has 0 radical (unpaired) electrons. The van der Waals surface area contributed by atoms with Crippen LogP contribution < -0.4 is 10.6 Å². The van der Waals surface area contributed by atoms with Crippen LogP contribution in [0.4, 0.5) is 10.1 Å². The maximum absolute atomic E-state index is 13.6. The highest BCUT2D eigenvalue weighted by Crippen LogP contribution is 2.30. The molecule has 2 aliphatic carbocycles. The summed E-state index contributed by atoms with van der Waals surface area (Å²) in [5.74, 6) is -0.537. The van der Waals surface area contributed by atoms with Crippen molar-refractivity contribution < 1.29 is 14.0 Å². The first-order valence-corrected chi connectivity index (χ1v) is 9.49. The van der Waals surface area contributed by atoms with Gasteiger partial charge in [0.2, 0.25) is 11.8 Å². The molecule has 0 bridgehead atoms. The Morgan fingerprint density at radius 2 is 1.44 bits per heavy atom. The summed E-state index contributed by atoms with van der Waals surface area (Å²) in [4.78, 5) is 24.8. The molecule has 2 N–H and O–H groups in total. The first-order chi connectivity index (χ1) is 12.1. The lowest BCUT2D eigenvalue weighted by Gasteiger charge is -2.29. The molecule has 2 aliphatic rings. The van der Waals surface area contributed by atoms with Gasteiger partial charge in [0, 0.05) is 17.9 Å². The van der Waals surface area contributed by atoms with Gasteiger partial charge < -0.3 is 10.6 Å². The fourth-order valence-corrected chi connectivity index (χ4v) is 3.98. The first kappa shape index (κ1) is 17.9. The van der Waals surface area contributed by atoms with Crippen molar-refractivity contribution in [2.24, 2.45) is 11.8 Å². The van der Waals surface area contributed by atoms with Crippen LogP contribution in [0.5, 0.6) is 0 Å². The fraction of sp³-hybridized carbons (Fsp3) is 0.600. The van der Waals surface area contributed by atoms with E-state index < -0.39 is 5.82 Å². The molecule has 0 aromatic heterocycles. The Morgan fingerprint density at radius 1 is 0.840 bits per heavy atom. The van der Waals surface area contributed by atoms with Crippen molar-refractivity contribution in [2.45, 2.75) is 63.8 Å². The maximum atomic E-state index is 13.6. The second kappa shape index (κ2) is 8.45. The van der Waals surface area contributed by atoms with Gasteiger partial charge in [-0.05, 0) is 50.7 Å². The highest BCUT2D eigenvalue weighted by Gasteiger charge is 2.31. The highest BCUT2D eigenvalue weighted by atomic mass is 19.1. The summed E-state index contributed by atoms with van der Waals surface area (Å²) in [6.45, 7) is 0. The number of amides is 2. The molecule has 25 heavy (non-hydrogen) atoms.